The fraction of sp³-hybridized carbons (Fsp3) is 0.381. The molecule has 0 spiro atoms. The zero-order chi connectivity index (χ0) is 18.4. The molecule has 2 aromatic carbocycles. The predicted molar refractivity (Wildman–Crippen MR) is 101 cm³/mol. The van der Waals surface area contributed by atoms with Gasteiger partial charge in [0.25, 0.3) is 0 Å². The van der Waals surface area contributed by atoms with Gasteiger partial charge < -0.3 is 19.7 Å². The van der Waals surface area contributed by atoms with E-state index in [1.165, 1.54) is 11.1 Å². The molecule has 0 fully saturated rings. The number of hydrogen-bond acceptors (Lipinski definition) is 4. The highest BCUT2D eigenvalue weighted by atomic mass is 16.5. The van der Waals surface area contributed by atoms with E-state index in [0.29, 0.717) is 26.2 Å². The van der Waals surface area contributed by atoms with Crippen LogP contribution in [0.3, 0.4) is 0 Å². The minimum absolute atomic E-state index is 0.0498. The zero-order valence-electron chi connectivity index (χ0n) is 15.4. The number of nitrogens with zero attached hydrogens (tertiary/aromatic N) is 1. The Balaban J connectivity index is 1.83. The molecule has 1 N–H and O–H groups in total. The van der Waals surface area contributed by atoms with Crippen molar-refractivity contribution >= 4 is 5.91 Å². The molecule has 1 atom stereocenters. The van der Waals surface area contributed by atoms with Gasteiger partial charge in [-0.15, -0.1) is 0 Å². The molecule has 0 aliphatic carbocycles. The lowest BCUT2D eigenvalue weighted by Crippen LogP contribution is -2.43. The molecule has 0 radical (unpaired) electrons. The first-order valence-electron chi connectivity index (χ1n) is 8.92. The van der Waals surface area contributed by atoms with Crippen LogP contribution in [0.4, 0.5) is 0 Å². The van der Waals surface area contributed by atoms with E-state index in [1.807, 2.05) is 35.2 Å². The number of hydrogen-bond donors (Lipinski definition) is 1. The molecule has 1 unspecified atom stereocenters. The molecule has 1 heterocycles. The molecule has 5 heteroatoms. The predicted octanol–water partition coefficient (Wildman–Crippen LogP) is 2.56. The van der Waals surface area contributed by atoms with Crippen molar-refractivity contribution in [3.8, 4) is 5.75 Å². The molecular formula is C21H26N2O3. The quantitative estimate of drug-likeness (QED) is 0.777. The van der Waals surface area contributed by atoms with Gasteiger partial charge in [-0.05, 0) is 35.2 Å². The Bertz CT molecular complexity index is 733. The molecule has 0 saturated carbocycles. The van der Waals surface area contributed by atoms with E-state index in [2.05, 4.69) is 23.5 Å². The van der Waals surface area contributed by atoms with Gasteiger partial charge in [0.1, 0.15) is 5.75 Å². The summed E-state index contributed by atoms with van der Waals surface area (Å²) in [6.45, 7) is 2.16. The molecular weight excluding hydrogens is 328 g/mol. The average Bonchev–Trinajstić information content (AvgIpc) is 2.70. The van der Waals surface area contributed by atoms with Crippen LogP contribution in [-0.2, 0) is 22.5 Å². The van der Waals surface area contributed by atoms with E-state index in [1.54, 1.807) is 14.2 Å². The van der Waals surface area contributed by atoms with Crippen LogP contribution in [-0.4, -0.2) is 44.7 Å². The summed E-state index contributed by atoms with van der Waals surface area (Å²) >= 11 is 0. The van der Waals surface area contributed by atoms with Gasteiger partial charge >= 0.3 is 0 Å². The van der Waals surface area contributed by atoms with E-state index in [0.717, 1.165) is 17.7 Å². The monoisotopic (exact) mass is 354 g/mol. The second-order valence-corrected chi connectivity index (χ2v) is 6.46. The molecule has 0 saturated heterocycles. The first-order chi connectivity index (χ1) is 12.7. The summed E-state index contributed by atoms with van der Waals surface area (Å²) in [7, 11) is 3.32. The molecule has 1 aliphatic heterocycles. The Labute approximate surface area is 154 Å². The highest BCUT2D eigenvalue weighted by Gasteiger charge is 2.30. The van der Waals surface area contributed by atoms with Crippen LogP contribution in [0.25, 0.3) is 0 Å². The topological polar surface area (TPSA) is 50.8 Å². The van der Waals surface area contributed by atoms with Gasteiger partial charge in [0.2, 0.25) is 5.91 Å². The maximum absolute atomic E-state index is 12.9. The minimum Gasteiger partial charge on any atom is -0.497 e. The molecule has 3 rings (SSSR count). The van der Waals surface area contributed by atoms with Gasteiger partial charge in [0, 0.05) is 20.2 Å². The summed E-state index contributed by atoms with van der Waals surface area (Å²) in [6.07, 6.45) is 0.813. The van der Waals surface area contributed by atoms with E-state index in [-0.39, 0.29) is 11.9 Å². The molecule has 5 nitrogen and oxygen atoms in total. The van der Waals surface area contributed by atoms with E-state index in [9.17, 15) is 4.79 Å². The van der Waals surface area contributed by atoms with Crippen LogP contribution in [0.5, 0.6) is 5.75 Å². The van der Waals surface area contributed by atoms with Crippen molar-refractivity contribution in [2.75, 3.05) is 33.9 Å². The second kappa shape index (κ2) is 8.83. The van der Waals surface area contributed by atoms with Gasteiger partial charge in [0.15, 0.2) is 0 Å². The molecule has 138 valence electrons. The smallest absolute Gasteiger partial charge is 0.237 e. The molecule has 0 aromatic heterocycles. The Morgan fingerprint density at radius 2 is 1.96 bits per heavy atom. The average molecular weight is 354 g/mol. The van der Waals surface area contributed by atoms with E-state index >= 15 is 0 Å². The first kappa shape index (κ1) is 18.4. The Hall–Kier alpha value is -2.37. The summed E-state index contributed by atoms with van der Waals surface area (Å²) in [5.74, 6) is 0.927. The zero-order valence-corrected chi connectivity index (χ0v) is 15.4. The van der Waals surface area contributed by atoms with Crippen molar-refractivity contribution in [3.05, 3.63) is 65.2 Å². The number of nitrogens with one attached hydrogen (secondary N) is 1. The lowest BCUT2D eigenvalue weighted by atomic mass is 9.89. The van der Waals surface area contributed by atoms with Crippen LogP contribution >= 0.6 is 0 Å². The third kappa shape index (κ3) is 4.23. The number of carbonyl (C=O) groups excluding carboxylic acids is 1. The Kier molecular flexibility index (Phi) is 6.26. The maximum Gasteiger partial charge on any atom is 0.237 e. The van der Waals surface area contributed by atoms with Gasteiger partial charge in [0.05, 0.1) is 26.3 Å². The van der Waals surface area contributed by atoms with Crippen molar-refractivity contribution in [1.29, 1.82) is 0 Å². The van der Waals surface area contributed by atoms with Crippen molar-refractivity contribution in [3.63, 3.8) is 0 Å². The summed E-state index contributed by atoms with van der Waals surface area (Å²) in [4.78, 5) is 14.9. The van der Waals surface area contributed by atoms with Crippen molar-refractivity contribution in [2.45, 2.75) is 19.0 Å². The maximum atomic E-state index is 12.9. The third-order valence-electron chi connectivity index (χ3n) is 4.81. The largest absolute Gasteiger partial charge is 0.497 e. The van der Waals surface area contributed by atoms with E-state index < -0.39 is 0 Å². The van der Waals surface area contributed by atoms with Gasteiger partial charge in [-0.2, -0.15) is 0 Å². The van der Waals surface area contributed by atoms with Crippen LogP contribution < -0.4 is 10.1 Å². The van der Waals surface area contributed by atoms with Gasteiger partial charge in [-0.25, -0.2) is 0 Å². The summed E-state index contributed by atoms with van der Waals surface area (Å²) in [5.41, 5.74) is 3.59. The van der Waals surface area contributed by atoms with Crippen molar-refractivity contribution < 1.29 is 14.3 Å². The normalized spacial score (nSPS) is 16.2. The first-order valence-corrected chi connectivity index (χ1v) is 8.92. The lowest BCUT2D eigenvalue weighted by Gasteiger charge is -2.37. The molecule has 1 aliphatic rings. The van der Waals surface area contributed by atoms with E-state index in [4.69, 9.17) is 9.47 Å². The number of ether oxygens (including phenoxy) is 2. The van der Waals surface area contributed by atoms with Crippen LogP contribution in [0, 0.1) is 0 Å². The van der Waals surface area contributed by atoms with Crippen LogP contribution in [0.15, 0.2) is 48.5 Å². The molecule has 0 bridgehead atoms. The SMILES string of the molecule is COCCNCC(=O)N1Cc2cc(OC)ccc2CC1c1ccccc1. The molecule has 1 amide bonds. The standard InChI is InChI=1S/C21H26N2O3/c1-25-11-10-22-14-21(24)23-15-18-12-19(26-2)9-8-17(18)13-20(23)16-6-4-3-5-7-16/h3-9,12,20,22H,10-11,13-15H2,1-2H3. The van der Waals surface area contributed by atoms with Crippen molar-refractivity contribution in [1.82, 2.24) is 10.2 Å². The summed E-state index contributed by atoms with van der Waals surface area (Å²) < 4.78 is 10.4. The van der Waals surface area contributed by atoms with Crippen molar-refractivity contribution in [2.24, 2.45) is 0 Å². The highest BCUT2D eigenvalue weighted by Crippen LogP contribution is 2.34. The number of carbonyl (C=O) groups is 1. The minimum atomic E-state index is 0.0498. The van der Waals surface area contributed by atoms with Gasteiger partial charge in [-0.3, -0.25) is 4.79 Å². The number of benzene rings is 2. The number of rotatable bonds is 7. The molecule has 26 heavy (non-hydrogen) atoms. The Morgan fingerprint density at radius 1 is 1.15 bits per heavy atom. The number of fused-ring (bicyclic) bond motifs is 1. The number of methoxy groups -OCH3 is 2. The molecule has 2 aromatic rings. The lowest BCUT2D eigenvalue weighted by molar-refractivity contribution is -0.134. The highest BCUT2D eigenvalue weighted by molar-refractivity contribution is 5.79. The number of amides is 1. The summed E-state index contributed by atoms with van der Waals surface area (Å²) in [6, 6.07) is 16.4. The second-order valence-electron chi connectivity index (χ2n) is 6.46. The van der Waals surface area contributed by atoms with Crippen LogP contribution in [0.2, 0.25) is 0 Å². The summed E-state index contributed by atoms with van der Waals surface area (Å²) in [5, 5.41) is 3.16. The Morgan fingerprint density at radius 3 is 2.69 bits per heavy atom. The fourth-order valence-electron chi connectivity index (χ4n) is 3.39. The van der Waals surface area contributed by atoms with Crippen LogP contribution in [0.1, 0.15) is 22.7 Å². The third-order valence-corrected chi connectivity index (χ3v) is 4.81. The fourth-order valence-corrected chi connectivity index (χ4v) is 3.39. The van der Waals surface area contributed by atoms with Gasteiger partial charge in [-0.1, -0.05) is 36.4 Å².